The number of carbonyl (C=O) groups is 4. The van der Waals surface area contributed by atoms with E-state index in [4.69, 9.17) is 14.8 Å². The van der Waals surface area contributed by atoms with Gasteiger partial charge in [-0.25, -0.2) is 4.98 Å². The molecule has 3 aromatic rings. The molecule has 4 amide bonds. The van der Waals surface area contributed by atoms with E-state index < -0.39 is 23.8 Å². The maximum absolute atomic E-state index is 13.1. The van der Waals surface area contributed by atoms with Crippen LogP contribution in [0.1, 0.15) is 71.0 Å². The molecule has 1 atom stereocenters. The summed E-state index contributed by atoms with van der Waals surface area (Å²) in [5.41, 5.74) is 4.35. The van der Waals surface area contributed by atoms with Gasteiger partial charge in [-0.05, 0) is 75.3 Å². The fourth-order valence-electron chi connectivity index (χ4n) is 6.82. The average Bonchev–Trinajstić information content (AvgIpc) is 3.52. The zero-order valence-electron chi connectivity index (χ0n) is 25.3. The molecule has 2 aromatic heterocycles. The van der Waals surface area contributed by atoms with Crippen molar-refractivity contribution in [2.75, 3.05) is 43.1 Å². The molecule has 234 valence electrons. The number of amides is 4. The number of morpholine rings is 1. The van der Waals surface area contributed by atoms with Crippen LogP contribution in [0.25, 0.3) is 11.3 Å². The lowest BCUT2D eigenvalue weighted by Crippen LogP contribution is -2.54. The largest absolute Gasteiger partial charge is 0.385 e. The summed E-state index contributed by atoms with van der Waals surface area (Å²) < 4.78 is 7.60. The molecule has 7 rings (SSSR count). The number of nitrogens with zero attached hydrogens (tertiary/aromatic N) is 5. The van der Waals surface area contributed by atoms with Crippen molar-refractivity contribution in [3.8, 4) is 11.3 Å². The van der Waals surface area contributed by atoms with Gasteiger partial charge < -0.3 is 15.0 Å². The van der Waals surface area contributed by atoms with Gasteiger partial charge in [-0.1, -0.05) is 6.07 Å². The fourth-order valence-corrected chi connectivity index (χ4v) is 6.82. The zero-order valence-corrected chi connectivity index (χ0v) is 25.3. The van der Waals surface area contributed by atoms with Crippen molar-refractivity contribution in [2.24, 2.45) is 5.92 Å². The lowest BCUT2D eigenvalue weighted by Gasteiger charge is -2.35. The molecule has 12 heteroatoms. The van der Waals surface area contributed by atoms with Gasteiger partial charge in [0.1, 0.15) is 11.9 Å². The zero-order chi connectivity index (χ0) is 31.1. The molecular formula is C33H37N7O5. The summed E-state index contributed by atoms with van der Waals surface area (Å²) in [5.74, 6) is -0.365. The minimum Gasteiger partial charge on any atom is -0.385 e. The van der Waals surface area contributed by atoms with Crippen LogP contribution in [0.2, 0.25) is 0 Å². The number of aromatic nitrogens is 3. The first kappa shape index (κ1) is 29.1. The van der Waals surface area contributed by atoms with Crippen molar-refractivity contribution >= 4 is 35.1 Å². The normalized spacial score (nSPS) is 23.2. The van der Waals surface area contributed by atoms with Gasteiger partial charge in [0.15, 0.2) is 0 Å². The van der Waals surface area contributed by atoms with Gasteiger partial charge in [-0.15, -0.1) is 0 Å². The first-order valence-electron chi connectivity index (χ1n) is 15.8. The fraction of sp³-hybridized carbons (Fsp3) is 0.455. The molecule has 2 saturated heterocycles. The first-order valence-corrected chi connectivity index (χ1v) is 15.8. The van der Waals surface area contributed by atoms with Crippen molar-refractivity contribution in [1.29, 1.82) is 0 Å². The number of piperidine rings is 1. The van der Waals surface area contributed by atoms with E-state index in [0.29, 0.717) is 12.0 Å². The number of aryl methyl sites for hydroxylation is 1. The lowest BCUT2D eigenvalue weighted by atomic mass is 9.77. The van der Waals surface area contributed by atoms with E-state index in [1.807, 2.05) is 6.92 Å². The molecule has 4 aliphatic rings. The van der Waals surface area contributed by atoms with Gasteiger partial charge in [-0.3, -0.25) is 34.1 Å². The van der Waals surface area contributed by atoms with Gasteiger partial charge in [0.05, 0.1) is 41.8 Å². The third-order valence-electron chi connectivity index (χ3n) is 9.41. The lowest BCUT2D eigenvalue weighted by molar-refractivity contribution is -0.136. The summed E-state index contributed by atoms with van der Waals surface area (Å²) in [5, 5.41) is 10.4. The highest BCUT2D eigenvalue weighted by Gasteiger charge is 2.44. The quantitative estimate of drug-likeness (QED) is 0.276. The molecular weight excluding hydrogens is 574 g/mol. The number of ether oxygens (including phenoxy) is 1. The molecule has 5 heterocycles. The maximum atomic E-state index is 13.1. The SMILES string of the molecule is Cc1nn(C2CC(CCCNc3ccc4c(c3)C(=O)N(C3CCC(=O)NC3=O)C4=O)C2)cc1-c1cccc(N2CCOCC2)n1. The van der Waals surface area contributed by atoms with Crippen LogP contribution in [-0.4, -0.2) is 82.2 Å². The molecule has 1 saturated carbocycles. The Hall–Kier alpha value is -4.58. The van der Waals surface area contributed by atoms with Crippen LogP contribution in [0.15, 0.2) is 42.6 Å². The number of benzene rings is 1. The standard InChI is InChI=1S/C33H37N7O5/c1-20-26(27-5-2-6-29(35-27)38-12-14-45-15-13-38)19-39(37-20)23-16-21(17-23)4-3-11-34-22-7-8-24-25(18-22)33(44)40(32(24)43)28-9-10-30(41)36-31(28)42/h2,5-8,18-19,21,23,28,34H,3-4,9-17H2,1H3,(H,36,41,42). The number of fused-ring (bicyclic) bond motifs is 1. The number of imide groups is 2. The van der Waals surface area contributed by atoms with Gasteiger partial charge in [0, 0.05) is 43.5 Å². The van der Waals surface area contributed by atoms with Crippen LogP contribution in [0.3, 0.4) is 0 Å². The number of carbonyl (C=O) groups excluding carboxylic acids is 4. The van der Waals surface area contributed by atoms with Crippen molar-refractivity contribution in [3.63, 3.8) is 0 Å². The minimum absolute atomic E-state index is 0.0998. The molecule has 0 spiro atoms. The van der Waals surface area contributed by atoms with Crippen molar-refractivity contribution < 1.29 is 23.9 Å². The van der Waals surface area contributed by atoms with E-state index in [-0.39, 0.29) is 29.9 Å². The second kappa shape index (κ2) is 12.1. The topological polar surface area (TPSA) is 139 Å². The smallest absolute Gasteiger partial charge is 0.262 e. The van der Waals surface area contributed by atoms with Crippen LogP contribution >= 0.6 is 0 Å². The molecule has 3 aliphatic heterocycles. The molecule has 0 bridgehead atoms. The predicted octanol–water partition coefficient (Wildman–Crippen LogP) is 3.33. The van der Waals surface area contributed by atoms with Gasteiger partial charge in [-0.2, -0.15) is 5.10 Å². The Bertz CT molecular complexity index is 1660. The first-order chi connectivity index (χ1) is 21.9. The van der Waals surface area contributed by atoms with E-state index in [1.54, 1.807) is 18.2 Å². The Morgan fingerprint density at radius 2 is 1.80 bits per heavy atom. The Morgan fingerprint density at radius 1 is 1.00 bits per heavy atom. The van der Waals surface area contributed by atoms with Crippen molar-refractivity contribution in [2.45, 2.75) is 57.5 Å². The van der Waals surface area contributed by atoms with Gasteiger partial charge in [0.25, 0.3) is 11.8 Å². The van der Waals surface area contributed by atoms with Crippen molar-refractivity contribution in [3.05, 3.63) is 59.4 Å². The Morgan fingerprint density at radius 3 is 2.60 bits per heavy atom. The van der Waals surface area contributed by atoms with E-state index in [9.17, 15) is 19.2 Å². The Kier molecular flexibility index (Phi) is 7.82. The van der Waals surface area contributed by atoms with Crippen molar-refractivity contribution in [1.82, 2.24) is 25.0 Å². The highest BCUT2D eigenvalue weighted by Crippen LogP contribution is 2.41. The third-order valence-corrected chi connectivity index (χ3v) is 9.41. The molecule has 12 nitrogen and oxygen atoms in total. The molecule has 1 unspecified atom stereocenters. The number of hydrogen-bond acceptors (Lipinski definition) is 9. The molecule has 1 aliphatic carbocycles. The van der Waals surface area contributed by atoms with Gasteiger partial charge >= 0.3 is 0 Å². The number of hydrogen-bond donors (Lipinski definition) is 2. The second-order valence-electron chi connectivity index (χ2n) is 12.4. The monoisotopic (exact) mass is 611 g/mol. The highest BCUT2D eigenvalue weighted by molar-refractivity contribution is 6.23. The molecule has 3 fully saturated rings. The number of nitrogens with one attached hydrogen (secondary N) is 2. The summed E-state index contributed by atoms with van der Waals surface area (Å²) in [4.78, 5) is 58.0. The van der Waals surface area contributed by atoms with Gasteiger partial charge in [0.2, 0.25) is 11.8 Å². The van der Waals surface area contributed by atoms with Crippen LogP contribution in [0.4, 0.5) is 11.5 Å². The predicted molar refractivity (Wildman–Crippen MR) is 166 cm³/mol. The number of anilines is 2. The Balaban J connectivity index is 0.890. The molecule has 0 radical (unpaired) electrons. The summed E-state index contributed by atoms with van der Waals surface area (Å²) in [6.45, 7) is 5.96. The maximum Gasteiger partial charge on any atom is 0.262 e. The van der Waals surface area contributed by atoms with Crippen LogP contribution in [0.5, 0.6) is 0 Å². The number of pyridine rings is 1. The minimum atomic E-state index is -0.960. The van der Waals surface area contributed by atoms with E-state index in [2.05, 4.69) is 44.6 Å². The van der Waals surface area contributed by atoms with Crippen LogP contribution < -0.4 is 15.5 Å². The average molecular weight is 612 g/mol. The Labute approximate surface area is 261 Å². The highest BCUT2D eigenvalue weighted by atomic mass is 16.5. The van der Waals surface area contributed by atoms with Crippen LogP contribution in [0, 0.1) is 12.8 Å². The molecule has 2 N–H and O–H groups in total. The van der Waals surface area contributed by atoms with E-state index in [1.165, 1.54) is 0 Å². The third kappa shape index (κ3) is 5.70. The summed E-state index contributed by atoms with van der Waals surface area (Å²) in [6.07, 6.45) is 6.63. The summed E-state index contributed by atoms with van der Waals surface area (Å²) in [7, 11) is 0. The van der Waals surface area contributed by atoms with E-state index in [0.717, 1.165) is 91.9 Å². The second-order valence-corrected chi connectivity index (χ2v) is 12.4. The van der Waals surface area contributed by atoms with Crippen LogP contribution in [-0.2, 0) is 14.3 Å². The summed E-state index contributed by atoms with van der Waals surface area (Å²) >= 11 is 0. The molecule has 45 heavy (non-hydrogen) atoms. The van der Waals surface area contributed by atoms with E-state index >= 15 is 0 Å². The molecule has 1 aromatic carbocycles. The summed E-state index contributed by atoms with van der Waals surface area (Å²) in [6, 6.07) is 10.7. The number of rotatable bonds is 9.